The summed E-state index contributed by atoms with van der Waals surface area (Å²) in [5.74, 6) is -0.228. The Bertz CT molecular complexity index is 479. The zero-order chi connectivity index (χ0) is 13.3. The molecule has 6 heteroatoms. The third-order valence-electron chi connectivity index (χ3n) is 3.27. The second kappa shape index (κ2) is 4.44. The molecule has 0 atom stereocenters. The van der Waals surface area contributed by atoms with Crippen LogP contribution in [0.1, 0.15) is 26.1 Å². The number of carboxylic acids is 1. The van der Waals surface area contributed by atoms with Crippen LogP contribution in [-0.4, -0.2) is 38.0 Å². The molecule has 0 spiro atoms. The van der Waals surface area contributed by atoms with Gasteiger partial charge in [0.1, 0.15) is 5.82 Å². The van der Waals surface area contributed by atoms with Crippen LogP contribution in [0, 0.1) is 5.41 Å². The lowest BCUT2D eigenvalue weighted by Gasteiger charge is -2.30. The molecule has 0 fully saturated rings. The summed E-state index contributed by atoms with van der Waals surface area (Å²) < 4.78 is 2.01. The van der Waals surface area contributed by atoms with E-state index in [1.165, 1.54) is 0 Å². The third-order valence-corrected chi connectivity index (χ3v) is 3.27. The maximum Gasteiger partial charge on any atom is 0.309 e. The Morgan fingerprint density at radius 3 is 2.83 bits per heavy atom. The van der Waals surface area contributed by atoms with E-state index in [1.807, 2.05) is 10.8 Å². The minimum Gasteiger partial charge on any atom is -0.481 e. The van der Waals surface area contributed by atoms with Crippen LogP contribution in [0.4, 0.5) is 0 Å². The SMILES string of the molecule is CC(C)(CC(=O)N1CCn2ccnc2C1)C(=O)O. The Morgan fingerprint density at radius 1 is 1.44 bits per heavy atom. The number of aromatic nitrogens is 2. The lowest BCUT2D eigenvalue weighted by atomic mass is 9.89. The summed E-state index contributed by atoms with van der Waals surface area (Å²) in [7, 11) is 0. The average Bonchev–Trinajstić information content (AvgIpc) is 2.74. The van der Waals surface area contributed by atoms with Crippen molar-refractivity contribution in [1.29, 1.82) is 0 Å². The van der Waals surface area contributed by atoms with Crippen LogP contribution in [0.5, 0.6) is 0 Å². The molecule has 0 saturated carbocycles. The topological polar surface area (TPSA) is 75.4 Å². The first-order valence-corrected chi connectivity index (χ1v) is 5.91. The summed E-state index contributed by atoms with van der Waals surface area (Å²) in [6, 6.07) is 0. The largest absolute Gasteiger partial charge is 0.481 e. The van der Waals surface area contributed by atoms with Gasteiger partial charge in [-0.05, 0) is 13.8 Å². The van der Waals surface area contributed by atoms with Gasteiger partial charge in [0.15, 0.2) is 0 Å². The highest BCUT2D eigenvalue weighted by atomic mass is 16.4. The Morgan fingerprint density at radius 2 is 2.17 bits per heavy atom. The van der Waals surface area contributed by atoms with Gasteiger partial charge in [0.05, 0.1) is 12.0 Å². The number of carboxylic acid groups (broad SMARTS) is 1. The van der Waals surface area contributed by atoms with E-state index in [9.17, 15) is 9.59 Å². The van der Waals surface area contributed by atoms with Gasteiger partial charge < -0.3 is 14.6 Å². The highest BCUT2D eigenvalue weighted by Crippen LogP contribution is 2.23. The van der Waals surface area contributed by atoms with Crippen molar-refractivity contribution in [3.05, 3.63) is 18.2 Å². The fourth-order valence-electron chi connectivity index (χ4n) is 1.95. The molecule has 1 aliphatic heterocycles. The van der Waals surface area contributed by atoms with Gasteiger partial charge in [-0.2, -0.15) is 0 Å². The molecule has 0 bridgehead atoms. The van der Waals surface area contributed by atoms with E-state index < -0.39 is 11.4 Å². The molecule has 0 saturated heterocycles. The number of amides is 1. The first-order valence-electron chi connectivity index (χ1n) is 5.91. The van der Waals surface area contributed by atoms with Crippen molar-refractivity contribution in [3.63, 3.8) is 0 Å². The molecule has 0 radical (unpaired) electrons. The number of hydrogen-bond donors (Lipinski definition) is 1. The van der Waals surface area contributed by atoms with Crippen LogP contribution >= 0.6 is 0 Å². The summed E-state index contributed by atoms with van der Waals surface area (Å²) in [6.45, 7) is 4.92. The maximum atomic E-state index is 12.1. The van der Waals surface area contributed by atoms with Crippen molar-refractivity contribution in [1.82, 2.24) is 14.5 Å². The molecule has 1 aromatic rings. The molecule has 0 aliphatic carbocycles. The zero-order valence-electron chi connectivity index (χ0n) is 10.6. The number of fused-ring (bicyclic) bond motifs is 1. The normalized spacial score (nSPS) is 15.3. The van der Waals surface area contributed by atoms with Crippen molar-refractivity contribution in [3.8, 4) is 0 Å². The average molecular weight is 251 g/mol. The van der Waals surface area contributed by atoms with Crippen molar-refractivity contribution in [2.75, 3.05) is 6.54 Å². The van der Waals surface area contributed by atoms with E-state index in [4.69, 9.17) is 5.11 Å². The number of rotatable bonds is 3. The molecule has 18 heavy (non-hydrogen) atoms. The molecular formula is C12H17N3O3. The van der Waals surface area contributed by atoms with Crippen molar-refractivity contribution < 1.29 is 14.7 Å². The van der Waals surface area contributed by atoms with Crippen molar-refractivity contribution >= 4 is 11.9 Å². The van der Waals surface area contributed by atoms with E-state index in [1.54, 1.807) is 24.9 Å². The van der Waals surface area contributed by atoms with Crippen molar-refractivity contribution in [2.45, 2.75) is 33.4 Å². The first-order chi connectivity index (χ1) is 8.40. The highest BCUT2D eigenvalue weighted by molar-refractivity contribution is 5.84. The zero-order valence-corrected chi connectivity index (χ0v) is 10.6. The monoisotopic (exact) mass is 251 g/mol. The lowest BCUT2D eigenvalue weighted by Crippen LogP contribution is -2.41. The van der Waals surface area contributed by atoms with Gasteiger partial charge >= 0.3 is 5.97 Å². The number of nitrogens with zero attached hydrogens (tertiary/aromatic N) is 3. The van der Waals surface area contributed by atoms with Crippen LogP contribution < -0.4 is 0 Å². The molecule has 1 aliphatic rings. The lowest BCUT2D eigenvalue weighted by molar-refractivity contribution is -0.151. The van der Waals surface area contributed by atoms with Crippen LogP contribution in [0.15, 0.2) is 12.4 Å². The molecule has 98 valence electrons. The second-order valence-corrected chi connectivity index (χ2v) is 5.22. The molecule has 1 amide bonds. The van der Waals surface area contributed by atoms with Gasteiger partial charge in [-0.3, -0.25) is 9.59 Å². The number of carbonyl (C=O) groups excluding carboxylic acids is 1. The molecule has 0 aromatic carbocycles. The quantitative estimate of drug-likeness (QED) is 0.859. The van der Waals surface area contributed by atoms with E-state index in [0.29, 0.717) is 19.6 Å². The molecule has 1 N–H and O–H groups in total. The van der Waals surface area contributed by atoms with Crippen molar-refractivity contribution in [2.24, 2.45) is 5.41 Å². The number of imidazole rings is 1. The summed E-state index contributed by atoms with van der Waals surface area (Å²) in [5, 5.41) is 9.03. The Balaban J connectivity index is 2.02. The van der Waals surface area contributed by atoms with Crippen LogP contribution in [0.25, 0.3) is 0 Å². The number of carbonyl (C=O) groups is 2. The van der Waals surface area contributed by atoms with Gasteiger partial charge in [0.2, 0.25) is 5.91 Å². The second-order valence-electron chi connectivity index (χ2n) is 5.22. The summed E-state index contributed by atoms with van der Waals surface area (Å²) in [6.07, 6.45) is 3.62. The number of hydrogen-bond acceptors (Lipinski definition) is 3. The molecule has 2 heterocycles. The van der Waals surface area contributed by atoms with Gasteiger partial charge in [0, 0.05) is 31.9 Å². The molecule has 0 unspecified atom stereocenters. The maximum absolute atomic E-state index is 12.1. The van der Waals surface area contributed by atoms with Gasteiger partial charge in [-0.15, -0.1) is 0 Å². The molecular weight excluding hydrogens is 234 g/mol. The minimum atomic E-state index is -1.02. The van der Waals surface area contributed by atoms with E-state index in [-0.39, 0.29) is 12.3 Å². The predicted molar refractivity (Wildman–Crippen MR) is 63.7 cm³/mol. The van der Waals surface area contributed by atoms with Crippen LogP contribution in [0.2, 0.25) is 0 Å². The Labute approximate surface area is 105 Å². The molecule has 6 nitrogen and oxygen atoms in total. The highest BCUT2D eigenvalue weighted by Gasteiger charge is 2.33. The first kappa shape index (κ1) is 12.6. The standard InChI is InChI=1S/C12H17N3O3/c1-12(2,11(17)18)7-10(16)15-6-5-14-4-3-13-9(14)8-15/h3-4H,5-8H2,1-2H3,(H,17,18). The van der Waals surface area contributed by atoms with E-state index in [2.05, 4.69) is 4.98 Å². The van der Waals surface area contributed by atoms with E-state index in [0.717, 1.165) is 5.82 Å². The van der Waals surface area contributed by atoms with Crippen LogP contribution in [0.3, 0.4) is 0 Å². The summed E-state index contributed by atoms with van der Waals surface area (Å²) in [5.41, 5.74) is -1.02. The van der Waals surface area contributed by atoms with Gasteiger partial charge in [-0.25, -0.2) is 4.98 Å². The predicted octanol–water partition coefficient (Wildman–Crippen LogP) is 0.726. The minimum absolute atomic E-state index is 0.0169. The van der Waals surface area contributed by atoms with Crippen LogP contribution in [-0.2, 0) is 22.7 Å². The molecule has 2 rings (SSSR count). The Hall–Kier alpha value is -1.85. The fraction of sp³-hybridized carbons (Fsp3) is 0.583. The Kier molecular flexibility index (Phi) is 3.11. The third kappa shape index (κ3) is 2.37. The molecule has 1 aromatic heterocycles. The van der Waals surface area contributed by atoms with Gasteiger partial charge in [0.25, 0.3) is 0 Å². The fourth-order valence-corrected chi connectivity index (χ4v) is 1.95. The van der Waals surface area contributed by atoms with Gasteiger partial charge in [-0.1, -0.05) is 0 Å². The summed E-state index contributed by atoms with van der Waals surface area (Å²) in [4.78, 5) is 28.9. The summed E-state index contributed by atoms with van der Waals surface area (Å²) >= 11 is 0. The number of aliphatic carboxylic acids is 1. The van der Waals surface area contributed by atoms with E-state index >= 15 is 0 Å². The smallest absolute Gasteiger partial charge is 0.309 e.